The molecule has 0 amide bonds. The molecular formula is C15H13ClN2O. The standard InChI is InChI=1S/C15H13ClN2O/c16-8-13-17-15(18-19-13)14-11-6-10(7-12(11)14)9-4-2-1-3-5-9/h1-6,11-12,14H,7-8H2. The molecule has 0 aliphatic heterocycles. The Kier molecular flexibility index (Phi) is 2.49. The van der Waals surface area contributed by atoms with Gasteiger partial charge in [-0.2, -0.15) is 4.98 Å². The van der Waals surface area contributed by atoms with E-state index < -0.39 is 0 Å². The van der Waals surface area contributed by atoms with E-state index in [-0.39, 0.29) is 0 Å². The van der Waals surface area contributed by atoms with Gasteiger partial charge in [0.25, 0.3) is 0 Å². The monoisotopic (exact) mass is 272 g/mol. The van der Waals surface area contributed by atoms with Crippen molar-refractivity contribution in [1.82, 2.24) is 10.1 Å². The number of aromatic nitrogens is 2. The van der Waals surface area contributed by atoms with E-state index in [0.717, 1.165) is 12.2 Å². The number of rotatable bonds is 3. The number of benzene rings is 1. The van der Waals surface area contributed by atoms with Crippen LogP contribution in [0.15, 0.2) is 40.9 Å². The summed E-state index contributed by atoms with van der Waals surface area (Å²) in [6.45, 7) is 0. The topological polar surface area (TPSA) is 38.9 Å². The third-order valence-corrected chi connectivity index (χ3v) is 4.35. The summed E-state index contributed by atoms with van der Waals surface area (Å²) in [6, 6.07) is 10.6. The fraction of sp³-hybridized carbons (Fsp3) is 0.333. The first-order chi connectivity index (χ1) is 9.36. The van der Waals surface area contributed by atoms with Gasteiger partial charge in [0.1, 0.15) is 5.88 Å². The van der Waals surface area contributed by atoms with Crippen LogP contribution in [0.4, 0.5) is 0 Å². The quantitative estimate of drug-likeness (QED) is 0.801. The molecule has 0 bridgehead atoms. The van der Waals surface area contributed by atoms with Crippen LogP contribution in [0.25, 0.3) is 5.57 Å². The summed E-state index contributed by atoms with van der Waals surface area (Å²) < 4.78 is 5.08. The second-order valence-corrected chi connectivity index (χ2v) is 5.48. The zero-order valence-corrected chi connectivity index (χ0v) is 11.0. The van der Waals surface area contributed by atoms with Crippen molar-refractivity contribution in [2.75, 3.05) is 0 Å². The molecule has 1 heterocycles. The molecule has 0 radical (unpaired) electrons. The lowest BCUT2D eigenvalue weighted by Crippen LogP contribution is -1.92. The minimum Gasteiger partial charge on any atom is -0.338 e. The van der Waals surface area contributed by atoms with Crippen molar-refractivity contribution in [3.8, 4) is 0 Å². The minimum atomic E-state index is 0.292. The number of hydrogen-bond donors (Lipinski definition) is 0. The van der Waals surface area contributed by atoms with Gasteiger partial charge >= 0.3 is 0 Å². The van der Waals surface area contributed by atoms with E-state index >= 15 is 0 Å². The van der Waals surface area contributed by atoms with Gasteiger partial charge in [-0.1, -0.05) is 41.6 Å². The fourth-order valence-electron chi connectivity index (χ4n) is 3.13. The Hall–Kier alpha value is -1.61. The summed E-state index contributed by atoms with van der Waals surface area (Å²) in [5.41, 5.74) is 2.79. The maximum absolute atomic E-state index is 5.68. The predicted molar refractivity (Wildman–Crippen MR) is 72.6 cm³/mol. The van der Waals surface area contributed by atoms with Crippen LogP contribution in [0.5, 0.6) is 0 Å². The highest BCUT2D eigenvalue weighted by molar-refractivity contribution is 6.16. The van der Waals surface area contributed by atoms with Crippen molar-refractivity contribution in [2.24, 2.45) is 11.8 Å². The van der Waals surface area contributed by atoms with Gasteiger partial charge in [-0.3, -0.25) is 0 Å². The average molecular weight is 273 g/mol. The first kappa shape index (κ1) is 11.2. The molecule has 4 heteroatoms. The Bertz CT molecular complexity index is 635. The lowest BCUT2D eigenvalue weighted by atomic mass is 10.0. The van der Waals surface area contributed by atoms with E-state index in [1.165, 1.54) is 11.1 Å². The van der Waals surface area contributed by atoms with Gasteiger partial charge in [0.05, 0.1) is 0 Å². The predicted octanol–water partition coefficient (Wildman–Crippen LogP) is 3.63. The molecule has 1 saturated carbocycles. The second kappa shape index (κ2) is 4.20. The third-order valence-electron chi connectivity index (χ3n) is 4.12. The molecule has 0 saturated heterocycles. The molecule has 2 aromatic rings. The van der Waals surface area contributed by atoms with Crippen molar-refractivity contribution in [2.45, 2.75) is 18.2 Å². The molecule has 3 unspecified atom stereocenters. The van der Waals surface area contributed by atoms with Crippen LogP contribution in [0, 0.1) is 11.8 Å². The van der Waals surface area contributed by atoms with Gasteiger partial charge in [-0.05, 0) is 29.4 Å². The average Bonchev–Trinajstić information content (AvgIpc) is 2.89. The van der Waals surface area contributed by atoms with Crippen molar-refractivity contribution in [3.63, 3.8) is 0 Å². The second-order valence-electron chi connectivity index (χ2n) is 5.21. The largest absolute Gasteiger partial charge is 0.338 e. The van der Waals surface area contributed by atoms with E-state index in [1.807, 2.05) is 0 Å². The summed E-state index contributed by atoms with van der Waals surface area (Å²) >= 11 is 5.68. The molecule has 3 nitrogen and oxygen atoms in total. The molecule has 1 aromatic carbocycles. The Morgan fingerprint density at radius 2 is 2.11 bits per heavy atom. The Morgan fingerprint density at radius 1 is 1.26 bits per heavy atom. The summed E-state index contributed by atoms with van der Waals surface area (Å²) in [5.74, 6) is 3.31. The summed E-state index contributed by atoms with van der Waals surface area (Å²) in [6.07, 6.45) is 3.49. The molecule has 1 fully saturated rings. The molecular weight excluding hydrogens is 260 g/mol. The maximum Gasteiger partial charge on any atom is 0.241 e. The van der Waals surface area contributed by atoms with Crippen LogP contribution in [0.1, 0.15) is 29.6 Å². The highest BCUT2D eigenvalue weighted by Gasteiger charge is 2.55. The molecule has 96 valence electrons. The van der Waals surface area contributed by atoms with E-state index in [9.17, 15) is 0 Å². The molecule has 2 aliphatic carbocycles. The zero-order valence-electron chi connectivity index (χ0n) is 10.3. The van der Waals surface area contributed by atoms with Gasteiger partial charge < -0.3 is 4.52 Å². The molecule has 4 rings (SSSR count). The normalized spacial score (nSPS) is 28.1. The highest BCUT2D eigenvalue weighted by Crippen LogP contribution is 2.62. The van der Waals surface area contributed by atoms with Crippen LogP contribution in [-0.4, -0.2) is 10.1 Å². The van der Waals surface area contributed by atoms with Gasteiger partial charge in [0.2, 0.25) is 5.89 Å². The molecule has 2 aliphatic rings. The van der Waals surface area contributed by atoms with Gasteiger partial charge in [0.15, 0.2) is 5.82 Å². The highest BCUT2D eigenvalue weighted by atomic mass is 35.5. The van der Waals surface area contributed by atoms with E-state index in [4.69, 9.17) is 16.1 Å². The first-order valence-electron chi connectivity index (χ1n) is 6.51. The van der Waals surface area contributed by atoms with Crippen molar-refractivity contribution < 1.29 is 4.52 Å². The van der Waals surface area contributed by atoms with Gasteiger partial charge in [-0.25, -0.2) is 0 Å². The smallest absolute Gasteiger partial charge is 0.241 e. The van der Waals surface area contributed by atoms with Crippen molar-refractivity contribution in [1.29, 1.82) is 0 Å². The van der Waals surface area contributed by atoms with Crippen LogP contribution in [-0.2, 0) is 5.88 Å². The van der Waals surface area contributed by atoms with Crippen molar-refractivity contribution >= 4 is 17.2 Å². The fourth-order valence-corrected chi connectivity index (χ4v) is 3.24. The maximum atomic E-state index is 5.68. The number of alkyl halides is 1. The van der Waals surface area contributed by atoms with Gasteiger partial charge in [-0.15, -0.1) is 11.6 Å². The SMILES string of the molecule is ClCc1nc(C2C3C=C(c4ccccc4)CC32)no1. The van der Waals surface area contributed by atoms with Crippen LogP contribution in [0.2, 0.25) is 0 Å². The molecule has 1 aromatic heterocycles. The van der Waals surface area contributed by atoms with Gasteiger partial charge in [0, 0.05) is 5.92 Å². The van der Waals surface area contributed by atoms with E-state index in [0.29, 0.717) is 29.5 Å². The van der Waals surface area contributed by atoms with E-state index in [2.05, 4.69) is 46.5 Å². The number of allylic oxidation sites excluding steroid dienone is 2. The Labute approximate surface area is 116 Å². The number of fused-ring (bicyclic) bond motifs is 1. The summed E-state index contributed by atoms with van der Waals surface area (Å²) in [5, 5.41) is 4.03. The number of nitrogens with zero attached hydrogens (tertiary/aromatic N) is 2. The van der Waals surface area contributed by atoms with Crippen LogP contribution >= 0.6 is 11.6 Å². The molecule has 19 heavy (non-hydrogen) atoms. The van der Waals surface area contributed by atoms with E-state index in [1.54, 1.807) is 0 Å². The Balaban J connectivity index is 1.54. The summed E-state index contributed by atoms with van der Waals surface area (Å²) in [7, 11) is 0. The molecule has 3 atom stereocenters. The minimum absolute atomic E-state index is 0.292. The lowest BCUT2D eigenvalue weighted by molar-refractivity contribution is 0.383. The number of halogens is 1. The Morgan fingerprint density at radius 3 is 2.74 bits per heavy atom. The zero-order chi connectivity index (χ0) is 12.8. The first-order valence-corrected chi connectivity index (χ1v) is 7.05. The summed E-state index contributed by atoms with van der Waals surface area (Å²) in [4.78, 5) is 4.33. The van der Waals surface area contributed by atoms with Crippen LogP contribution in [0.3, 0.4) is 0 Å². The lowest BCUT2D eigenvalue weighted by Gasteiger charge is -2.04. The third kappa shape index (κ3) is 1.80. The van der Waals surface area contributed by atoms with Crippen molar-refractivity contribution in [3.05, 3.63) is 53.7 Å². The van der Waals surface area contributed by atoms with Crippen LogP contribution < -0.4 is 0 Å². The number of hydrogen-bond acceptors (Lipinski definition) is 3. The molecule has 0 spiro atoms. The molecule has 0 N–H and O–H groups in total.